The van der Waals surface area contributed by atoms with E-state index in [4.69, 9.17) is 27.9 Å². The number of hydrogen-bond acceptors (Lipinski definition) is 9. The Morgan fingerprint density at radius 1 is 0.828 bits per heavy atom. The fourth-order valence-corrected chi connectivity index (χ4v) is 10.3. The number of amides is 4. The highest BCUT2D eigenvalue weighted by atomic mass is 35.5. The lowest BCUT2D eigenvalue weighted by molar-refractivity contribution is -0.138. The summed E-state index contributed by atoms with van der Waals surface area (Å²) in [5, 5.41) is 33.7. The Balaban J connectivity index is 1.26. The number of hydrazine groups is 1. The summed E-state index contributed by atoms with van der Waals surface area (Å²) < 4.78 is 5.49. The number of aromatic hydroxyl groups is 2. The van der Waals surface area contributed by atoms with Gasteiger partial charge in [0.25, 0.3) is 11.8 Å². The number of ether oxygens (including phenoxy) is 1. The van der Waals surface area contributed by atoms with Crippen molar-refractivity contribution in [1.82, 2.24) is 5.01 Å². The van der Waals surface area contributed by atoms with Crippen molar-refractivity contribution in [2.45, 2.75) is 24.2 Å². The van der Waals surface area contributed by atoms with Crippen LogP contribution in [0.2, 0.25) is 10.0 Å². The Labute approximate surface area is 340 Å². The van der Waals surface area contributed by atoms with Crippen LogP contribution in [0.15, 0.2) is 109 Å². The van der Waals surface area contributed by atoms with Crippen LogP contribution in [0, 0.1) is 23.7 Å². The van der Waals surface area contributed by atoms with Crippen LogP contribution in [0.25, 0.3) is 10.8 Å². The van der Waals surface area contributed by atoms with Crippen LogP contribution < -0.4 is 15.1 Å². The number of imide groups is 2. The van der Waals surface area contributed by atoms with Crippen LogP contribution >= 0.6 is 23.2 Å². The number of aromatic carboxylic acids is 1. The standard InChI is InChI=1S/C44H33Cl2N3O9/c1-58-24-10-6-21(7-11-24)44-32(40(53)49(43(44)57)47-34-16-8-22(45)18-33(34)46)20-31-28(38(44)27-15-17-35(50)26-5-3-2-4-25(26)27)13-14-30-37(31)41(54)48(39(30)52)23-9-12-29(42(55)56)36(51)19-23/h2-13,15-19,30-32,37-38,47,50-51H,14,20H2,1H3,(H,55,56). The van der Waals surface area contributed by atoms with Crippen LogP contribution in [-0.2, 0) is 24.6 Å². The van der Waals surface area contributed by atoms with Crippen molar-refractivity contribution in [2.24, 2.45) is 23.7 Å². The van der Waals surface area contributed by atoms with E-state index in [9.17, 15) is 29.7 Å². The van der Waals surface area contributed by atoms with Crippen LogP contribution in [0.3, 0.4) is 0 Å². The maximum Gasteiger partial charge on any atom is 0.339 e. The number of halogens is 2. The molecule has 292 valence electrons. The number of benzene rings is 5. The number of allylic oxidation sites excluding steroid dienone is 2. The lowest BCUT2D eigenvalue weighted by Crippen LogP contribution is -2.53. The van der Waals surface area contributed by atoms with E-state index >= 15 is 9.59 Å². The van der Waals surface area contributed by atoms with E-state index in [1.807, 2.05) is 18.2 Å². The average molecular weight is 819 g/mol. The normalized spacial score (nSPS) is 25.0. The number of nitrogens with one attached hydrogen (secondary N) is 1. The third-order valence-corrected chi connectivity index (χ3v) is 12.8. The van der Waals surface area contributed by atoms with E-state index in [-0.39, 0.29) is 35.0 Å². The maximum absolute atomic E-state index is 15.6. The van der Waals surface area contributed by atoms with Gasteiger partial charge in [-0.15, -0.1) is 0 Å². The van der Waals surface area contributed by atoms with Crippen molar-refractivity contribution in [1.29, 1.82) is 0 Å². The minimum absolute atomic E-state index is 0.00128. The van der Waals surface area contributed by atoms with Gasteiger partial charge in [-0.3, -0.25) is 24.6 Å². The van der Waals surface area contributed by atoms with E-state index < -0.39 is 75.9 Å². The number of anilines is 2. The van der Waals surface area contributed by atoms with Gasteiger partial charge in [-0.25, -0.2) is 9.69 Å². The number of phenolic OH excluding ortho intramolecular Hbond substituents is 1. The summed E-state index contributed by atoms with van der Waals surface area (Å²) in [6.45, 7) is 0. The predicted molar refractivity (Wildman–Crippen MR) is 214 cm³/mol. The molecule has 4 amide bonds. The number of carbonyl (C=O) groups excluding carboxylic acids is 4. The van der Waals surface area contributed by atoms with Gasteiger partial charge in [-0.2, -0.15) is 5.01 Å². The molecule has 0 spiro atoms. The summed E-state index contributed by atoms with van der Waals surface area (Å²) in [5.74, 6) is -8.24. The largest absolute Gasteiger partial charge is 0.507 e. The molecule has 2 saturated heterocycles. The van der Waals surface area contributed by atoms with Gasteiger partial charge in [0.2, 0.25) is 11.8 Å². The van der Waals surface area contributed by atoms with Gasteiger partial charge in [-0.05, 0) is 83.8 Å². The lowest BCUT2D eigenvalue weighted by Gasteiger charge is -2.51. The molecule has 9 rings (SSSR count). The molecule has 5 aromatic carbocycles. The smallest absolute Gasteiger partial charge is 0.339 e. The minimum atomic E-state index is -1.63. The lowest BCUT2D eigenvalue weighted by atomic mass is 9.49. The van der Waals surface area contributed by atoms with E-state index in [2.05, 4.69) is 5.43 Å². The van der Waals surface area contributed by atoms with Crippen LogP contribution in [0.5, 0.6) is 17.2 Å². The number of hydrogen-bond donors (Lipinski definition) is 4. The molecule has 2 aliphatic heterocycles. The second-order valence-electron chi connectivity index (χ2n) is 15.0. The summed E-state index contributed by atoms with van der Waals surface area (Å²) in [5.41, 5.74) is 3.05. The Morgan fingerprint density at radius 3 is 2.26 bits per heavy atom. The van der Waals surface area contributed by atoms with Crippen LogP contribution in [0.1, 0.15) is 40.2 Å². The minimum Gasteiger partial charge on any atom is -0.507 e. The SMILES string of the molecule is COc1ccc(C23C(=O)N(Nc4ccc(Cl)cc4Cl)C(=O)C2CC2C(=CCC4C(=O)N(c5ccc(C(=O)O)c(O)c5)C(=O)C42)C3c2ccc(O)c3ccccc23)cc1. The molecule has 5 aromatic rings. The van der Waals surface area contributed by atoms with Crippen LogP contribution in [-0.4, -0.2) is 57.0 Å². The van der Waals surface area contributed by atoms with Gasteiger partial charge in [0.1, 0.15) is 22.8 Å². The third-order valence-electron chi connectivity index (χ3n) is 12.3. The molecule has 12 nitrogen and oxygen atoms in total. The number of carboxylic acids is 1. The fourth-order valence-electron chi connectivity index (χ4n) is 9.84. The summed E-state index contributed by atoms with van der Waals surface area (Å²) in [6, 6.07) is 25.6. The predicted octanol–water partition coefficient (Wildman–Crippen LogP) is 7.45. The van der Waals surface area contributed by atoms with E-state index in [0.29, 0.717) is 38.2 Å². The number of rotatable bonds is 7. The van der Waals surface area contributed by atoms with Crippen molar-refractivity contribution in [3.63, 3.8) is 0 Å². The van der Waals surface area contributed by atoms with Gasteiger partial charge in [-0.1, -0.05) is 77.3 Å². The molecule has 2 aliphatic carbocycles. The maximum atomic E-state index is 15.6. The summed E-state index contributed by atoms with van der Waals surface area (Å²) in [4.78, 5) is 72.2. The topological polar surface area (TPSA) is 174 Å². The zero-order valence-electron chi connectivity index (χ0n) is 30.6. The number of methoxy groups -OCH3 is 1. The molecule has 2 heterocycles. The molecule has 6 atom stereocenters. The highest BCUT2D eigenvalue weighted by Crippen LogP contribution is 2.65. The molecular weight excluding hydrogens is 785 g/mol. The number of nitrogens with zero attached hydrogens (tertiary/aromatic N) is 2. The molecule has 0 aromatic heterocycles. The van der Waals surface area contributed by atoms with E-state index in [1.54, 1.807) is 60.7 Å². The van der Waals surface area contributed by atoms with Crippen LogP contribution in [0.4, 0.5) is 11.4 Å². The van der Waals surface area contributed by atoms with E-state index in [1.165, 1.54) is 19.2 Å². The second-order valence-corrected chi connectivity index (χ2v) is 15.8. The molecule has 4 N–H and O–H groups in total. The fraction of sp³-hybridized carbons (Fsp3) is 0.205. The first kappa shape index (κ1) is 37.2. The first-order chi connectivity index (χ1) is 27.9. The van der Waals surface area contributed by atoms with Crippen molar-refractivity contribution in [3.05, 3.63) is 135 Å². The number of fused-ring (bicyclic) bond motifs is 5. The number of carboxylic acid groups (broad SMARTS) is 1. The molecule has 0 bridgehead atoms. The van der Waals surface area contributed by atoms with Gasteiger partial charge < -0.3 is 20.1 Å². The summed E-state index contributed by atoms with van der Waals surface area (Å²) in [6.07, 6.45) is 2.03. The highest BCUT2D eigenvalue weighted by molar-refractivity contribution is 6.36. The molecule has 1 saturated carbocycles. The van der Waals surface area contributed by atoms with Crippen molar-refractivity contribution in [2.75, 3.05) is 17.4 Å². The molecule has 14 heteroatoms. The van der Waals surface area contributed by atoms with Crippen molar-refractivity contribution in [3.8, 4) is 17.2 Å². The summed E-state index contributed by atoms with van der Waals surface area (Å²) >= 11 is 12.8. The van der Waals surface area contributed by atoms with Gasteiger partial charge >= 0.3 is 5.97 Å². The zero-order valence-corrected chi connectivity index (χ0v) is 32.1. The number of phenols is 2. The summed E-state index contributed by atoms with van der Waals surface area (Å²) in [7, 11) is 1.52. The van der Waals surface area contributed by atoms with Crippen molar-refractivity contribution < 1.29 is 44.0 Å². The number of carbonyl (C=O) groups is 5. The average Bonchev–Trinajstić information content (AvgIpc) is 3.59. The van der Waals surface area contributed by atoms with E-state index in [0.717, 1.165) is 22.0 Å². The third kappa shape index (κ3) is 5.31. The first-order valence-corrected chi connectivity index (χ1v) is 19.2. The van der Waals surface area contributed by atoms with Gasteiger partial charge in [0, 0.05) is 22.4 Å². The Morgan fingerprint density at radius 2 is 1.57 bits per heavy atom. The molecular formula is C44H33Cl2N3O9. The quantitative estimate of drug-likeness (QED) is 0.0954. The molecule has 4 aliphatic rings. The molecule has 0 radical (unpaired) electrons. The monoisotopic (exact) mass is 817 g/mol. The second kappa shape index (κ2) is 13.6. The molecule has 6 unspecified atom stereocenters. The van der Waals surface area contributed by atoms with Crippen molar-refractivity contribution >= 4 is 74.9 Å². The van der Waals surface area contributed by atoms with Gasteiger partial charge in [0.15, 0.2) is 0 Å². The zero-order chi connectivity index (χ0) is 40.8. The Hall–Kier alpha value is -6.37. The Kier molecular flexibility index (Phi) is 8.75. The Bertz CT molecular complexity index is 2670. The van der Waals surface area contributed by atoms with Gasteiger partial charge in [0.05, 0.1) is 46.7 Å². The molecule has 58 heavy (non-hydrogen) atoms. The molecule has 3 fully saturated rings. The highest BCUT2D eigenvalue weighted by Gasteiger charge is 2.70. The first-order valence-electron chi connectivity index (χ1n) is 18.5.